The molecule has 0 amide bonds. The second-order valence-electron chi connectivity index (χ2n) is 4.19. The molecule has 1 fully saturated rings. The normalized spacial score (nSPS) is 21.3. The van der Waals surface area contributed by atoms with Crippen LogP contribution in [0.2, 0.25) is 5.02 Å². The van der Waals surface area contributed by atoms with Crippen molar-refractivity contribution in [1.82, 2.24) is 0 Å². The van der Waals surface area contributed by atoms with E-state index < -0.39 is 11.5 Å². The second kappa shape index (κ2) is 3.57. The molecule has 5 heteroatoms. The van der Waals surface area contributed by atoms with Crippen molar-refractivity contribution in [3.05, 3.63) is 28.8 Å². The zero-order chi connectivity index (χ0) is 12.0. The van der Waals surface area contributed by atoms with Crippen LogP contribution in [0.4, 0.5) is 8.78 Å². The minimum atomic E-state index is -2.68. The standard InChI is InChI=1S/C11H12ClF2NO/c1-16-9-7(3-2-4-8(9)12)10(15)5-11(13,14)6-10/h2-4H,5-6,15H2,1H3. The lowest BCUT2D eigenvalue weighted by molar-refractivity contribution is -0.125. The van der Waals surface area contributed by atoms with Gasteiger partial charge in [-0.1, -0.05) is 23.7 Å². The van der Waals surface area contributed by atoms with Crippen LogP contribution >= 0.6 is 11.6 Å². The molecule has 88 valence electrons. The molecule has 16 heavy (non-hydrogen) atoms. The molecule has 1 aromatic rings. The van der Waals surface area contributed by atoms with E-state index in [-0.39, 0.29) is 12.8 Å². The Morgan fingerprint density at radius 3 is 2.50 bits per heavy atom. The lowest BCUT2D eigenvalue weighted by atomic mass is 9.69. The van der Waals surface area contributed by atoms with E-state index in [0.29, 0.717) is 16.3 Å². The van der Waals surface area contributed by atoms with E-state index in [0.717, 1.165) is 0 Å². The molecule has 2 rings (SSSR count). The summed E-state index contributed by atoms with van der Waals surface area (Å²) in [6.07, 6.45) is -0.729. The zero-order valence-electron chi connectivity index (χ0n) is 8.77. The van der Waals surface area contributed by atoms with Crippen LogP contribution in [-0.4, -0.2) is 13.0 Å². The molecule has 2 nitrogen and oxygen atoms in total. The summed E-state index contributed by atoms with van der Waals surface area (Å²) in [4.78, 5) is 0. The van der Waals surface area contributed by atoms with E-state index in [1.54, 1.807) is 18.2 Å². The summed E-state index contributed by atoms with van der Waals surface area (Å²) in [7, 11) is 1.45. The van der Waals surface area contributed by atoms with Crippen molar-refractivity contribution in [2.75, 3.05) is 7.11 Å². The van der Waals surface area contributed by atoms with Crippen molar-refractivity contribution in [3.63, 3.8) is 0 Å². The first-order valence-electron chi connectivity index (χ1n) is 4.88. The van der Waals surface area contributed by atoms with Crippen molar-refractivity contribution in [2.45, 2.75) is 24.3 Å². The van der Waals surface area contributed by atoms with Crippen molar-refractivity contribution in [1.29, 1.82) is 0 Å². The molecule has 0 aromatic heterocycles. The molecular weight excluding hydrogens is 236 g/mol. The van der Waals surface area contributed by atoms with Crippen LogP contribution in [0, 0.1) is 0 Å². The lowest BCUT2D eigenvalue weighted by Gasteiger charge is -2.45. The van der Waals surface area contributed by atoms with E-state index in [1.807, 2.05) is 0 Å². The zero-order valence-corrected chi connectivity index (χ0v) is 9.52. The number of alkyl halides is 2. The van der Waals surface area contributed by atoms with Gasteiger partial charge in [-0.05, 0) is 6.07 Å². The van der Waals surface area contributed by atoms with Gasteiger partial charge in [0.1, 0.15) is 5.75 Å². The molecule has 1 aliphatic rings. The summed E-state index contributed by atoms with van der Waals surface area (Å²) in [5.41, 5.74) is 5.45. The quantitative estimate of drug-likeness (QED) is 0.872. The van der Waals surface area contributed by atoms with Gasteiger partial charge in [-0.15, -0.1) is 0 Å². The Labute approximate surface area is 97.3 Å². The summed E-state index contributed by atoms with van der Waals surface area (Å²) in [6, 6.07) is 5.01. The fourth-order valence-corrected chi connectivity index (χ4v) is 2.42. The van der Waals surface area contributed by atoms with Gasteiger partial charge in [-0.25, -0.2) is 8.78 Å². The molecule has 0 atom stereocenters. The van der Waals surface area contributed by atoms with Gasteiger partial charge in [0.15, 0.2) is 0 Å². The summed E-state index contributed by atoms with van der Waals surface area (Å²) in [6.45, 7) is 0. The van der Waals surface area contributed by atoms with Gasteiger partial charge in [0.25, 0.3) is 5.92 Å². The maximum absolute atomic E-state index is 12.9. The van der Waals surface area contributed by atoms with Crippen LogP contribution in [0.5, 0.6) is 5.75 Å². The topological polar surface area (TPSA) is 35.2 Å². The van der Waals surface area contributed by atoms with Crippen molar-refractivity contribution < 1.29 is 13.5 Å². The van der Waals surface area contributed by atoms with Crippen LogP contribution in [0.25, 0.3) is 0 Å². The largest absolute Gasteiger partial charge is 0.495 e. The first-order chi connectivity index (χ1) is 7.38. The van der Waals surface area contributed by atoms with E-state index in [1.165, 1.54) is 7.11 Å². The Morgan fingerprint density at radius 2 is 2.00 bits per heavy atom. The Kier molecular flexibility index (Phi) is 2.59. The van der Waals surface area contributed by atoms with Gasteiger partial charge >= 0.3 is 0 Å². The van der Waals surface area contributed by atoms with Crippen LogP contribution in [-0.2, 0) is 5.54 Å². The number of nitrogens with two attached hydrogens (primary N) is 1. The number of rotatable bonds is 2. The second-order valence-corrected chi connectivity index (χ2v) is 4.59. The summed E-state index contributed by atoms with van der Waals surface area (Å²) in [5, 5.41) is 0.389. The maximum Gasteiger partial charge on any atom is 0.252 e. The highest BCUT2D eigenvalue weighted by Crippen LogP contribution is 2.52. The number of ether oxygens (including phenoxy) is 1. The first kappa shape index (κ1) is 11.6. The van der Waals surface area contributed by atoms with Crippen molar-refractivity contribution in [3.8, 4) is 5.75 Å². The molecule has 0 saturated heterocycles. The maximum atomic E-state index is 12.9. The number of para-hydroxylation sites is 1. The van der Waals surface area contributed by atoms with Crippen molar-refractivity contribution >= 4 is 11.6 Å². The van der Waals surface area contributed by atoms with Crippen LogP contribution in [0.3, 0.4) is 0 Å². The van der Waals surface area contributed by atoms with Gasteiger partial charge in [-0.3, -0.25) is 0 Å². The van der Waals surface area contributed by atoms with Crippen LogP contribution in [0.1, 0.15) is 18.4 Å². The first-order valence-corrected chi connectivity index (χ1v) is 5.25. The summed E-state index contributed by atoms with van der Waals surface area (Å²) < 4.78 is 30.9. The van der Waals surface area contributed by atoms with E-state index in [4.69, 9.17) is 22.1 Å². The summed E-state index contributed by atoms with van der Waals surface area (Å²) in [5.74, 6) is -2.29. The van der Waals surface area contributed by atoms with Crippen molar-refractivity contribution in [2.24, 2.45) is 5.73 Å². The molecule has 2 N–H and O–H groups in total. The number of hydrogen-bond donors (Lipinski definition) is 1. The minimum absolute atomic E-state index is 0.364. The molecular formula is C11H12ClF2NO. The highest BCUT2D eigenvalue weighted by molar-refractivity contribution is 6.32. The predicted octanol–water partition coefficient (Wildman–Crippen LogP) is 2.93. The predicted molar refractivity (Wildman–Crippen MR) is 58.1 cm³/mol. The van der Waals surface area contributed by atoms with Crippen LogP contribution < -0.4 is 10.5 Å². The molecule has 1 saturated carbocycles. The Bertz CT molecular complexity index is 414. The highest BCUT2D eigenvalue weighted by Gasteiger charge is 2.56. The third-order valence-electron chi connectivity index (χ3n) is 2.86. The van der Waals surface area contributed by atoms with Gasteiger partial charge in [0.05, 0.1) is 17.7 Å². The van der Waals surface area contributed by atoms with Gasteiger partial charge in [0.2, 0.25) is 0 Å². The fourth-order valence-electron chi connectivity index (χ4n) is 2.17. The highest BCUT2D eigenvalue weighted by atomic mass is 35.5. The third-order valence-corrected chi connectivity index (χ3v) is 3.15. The minimum Gasteiger partial charge on any atom is -0.495 e. The number of methoxy groups -OCH3 is 1. The van der Waals surface area contributed by atoms with E-state index in [9.17, 15) is 8.78 Å². The van der Waals surface area contributed by atoms with Gasteiger partial charge in [-0.2, -0.15) is 0 Å². The van der Waals surface area contributed by atoms with Gasteiger partial charge in [0, 0.05) is 18.4 Å². The lowest BCUT2D eigenvalue weighted by Crippen LogP contribution is -2.55. The molecule has 0 radical (unpaired) electrons. The molecule has 0 spiro atoms. The number of hydrogen-bond acceptors (Lipinski definition) is 2. The van der Waals surface area contributed by atoms with E-state index in [2.05, 4.69) is 0 Å². The van der Waals surface area contributed by atoms with Crippen LogP contribution in [0.15, 0.2) is 18.2 Å². The fraction of sp³-hybridized carbons (Fsp3) is 0.455. The Balaban J connectivity index is 2.38. The average molecular weight is 248 g/mol. The average Bonchev–Trinajstić information content (AvgIpc) is 2.14. The third kappa shape index (κ3) is 1.76. The smallest absolute Gasteiger partial charge is 0.252 e. The van der Waals surface area contributed by atoms with E-state index >= 15 is 0 Å². The molecule has 1 aromatic carbocycles. The molecule has 1 aliphatic carbocycles. The summed E-state index contributed by atoms with van der Waals surface area (Å²) >= 11 is 5.92. The molecule has 0 heterocycles. The molecule has 0 aliphatic heterocycles. The SMILES string of the molecule is COc1c(Cl)cccc1C1(N)CC(F)(F)C1. The van der Waals surface area contributed by atoms with Gasteiger partial charge < -0.3 is 10.5 Å². The number of benzene rings is 1. The Hall–Kier alpha value is -0.870. The Morgan fingerprint density at radius 1 is 1.38 bits per heavy atom. The molecule has 0 unspecified atom stereocenters. The number of halogens is 3. The monoisotopic (exact) mass is 247 g/mol. The molecule has 0 bridgehead atoms.